The van der Waals surface area contributed by atoms with Gasteiger partial charge in [-0.15, -0.1) is 0 Å². The van der Waals surface area contributed by atoms with Gasteiger partial charge in [0.15, 0.2) is 0 Å². The number of β-amino-alcohol motifs (C(OH)–C–C–N with tert-alkyl or cyclic N) is 1. The summed E-state index contributed by atoms with van der Waals surface area (Å²) in [4.78, 5) is 13.7. The summed E-state index contributed by atoms with van der Waals surface area (Å²) in [5.74, 6) is -0.402. The van der Waals surface area contributed by atoms with Crippen LogP contribution in [0.25, 0.3) is 0 Å². The molecule has 0 bridgehead atoms. The largest absolute Gasteiger partial charge is 0.391 e. The van der Waals surface area contributed by atoms with Gasteiger partial charge in [0.2, 0.25) is 15.9 Å². The van der Waals surface area contributed by atoms with E-state index in [4.69, 9.17) is 4.52 Å². The minimum Gasteiger partial charge on any atom is -0.391 e. The number of hydrogen-bond donors (Lipinski definition) is 1. The summed E-state index contributed by atoms with van der Waals surface area (Å²) in [7, 11) is -0.512. The molecule has 22 heavy (non-hydrogen) atoms. The lowest BCUT2D eigenvalue weighted by molar-refractivity contribution is -0.130. The van der Waals surface area contributed by atoms with Gasteiger partial charge in [-0.25, -0.2) is 12.7 Å². The van der Waals surface area contributed by atoms with Crippen LogP contribution in [-0.2, 0) is 21.2 Å². The molecule has 8 nitrogen and oxygen atoms in total. The van der Waals surface area contributed by atoms with Crippen LogP contribution in [0, 0.1) is 12.8 Å². The predicted octanol–water partition coefficient (Wildman–Crippen LogP) is -0.764. The minimum atomic E-state index is -3.41. The molecule has 9 heteroatoms. The Kier molecular flexibility index (Phi) is 4.88. The molecule has 1 aliphatic rings. The number of aliphatic hydroxyl groups excluding tert-OH is 1. The summed E-state index contributed by atoms with van der Waals surface area (Å²) in [5.41, 5.74) is 0.694. The van der Waals surface area contributed by atoms with E-state index >= 15 is 0 Å². The third-order valence-corrected chi connectivity index (χ3v) is 5.70. The first-order valence-electron chi connectivity index (χ1n) is 6.97. The Labute approximate surface area is 129 Å². The number of nitrogens with zero attached hydrogens (tertiary/aromatic N) is 3. The molecule has 1 N–H and O–H groups in total. The zero-order valence-electron chi connectivity index (χ0n) is 12.9. The highest BCUT2D eigenvalue weighted by molar-refractivity contribution is 7.89. The molecule has 1 aromatic rings. The van der Waals surface area contributed by atoms with Crippen LogP contribution in [0.1, 0.15) is 11.5 Å². The lowest BCUT2D eigenvalue weighted by Gasteiger charge is -2.17. The van der Waals surface area contributed by atoms with E-state index in [-0.39, 0.29) is 31.2 Å². The predicted molar refractivity (Wildman–Crippen MR) is 78.5 cm³/mol. The second-order valence-corrected chi connectivity index (χ2v) is 8.03. The monoisotopic (exact) mass is 331 g/mol. The fourth-order valence-electron chi connectivity index (χ4n) is 2.40. The van der Waals surface area contributed by atoms with Gasteiger partial charge in [0.25, 0.3) is 0 Å². The van der Waals surface area contributed by atoms with Gasteiger partial charge in [-0.1, -0.05) is 5.16 Å². The van der Waals surface area contributed by atoms with Crippen molar-refractivity contribution >= 4 is 15.9 Å². The molecule has 1 amide bonds. The van der Waals surface area contributed by atoms with Crippen molar-refractivity contribution in [2.45, 2.75) is 19.4 Å². The van der Waals surface area contributed by atoms with Crippen molar-refractivity contribution in [1.29, 1.82) is 0 Å². The summed E-state index contributed by atoms with van der Waals surface area (Å²) >= 11 is 0. The fourth-order valence-corrected chi connectivity index (χ4v) is 3.57. The highest BCUT2D eigenvalue weighted by atomic mass is 32.2. The van der Waals surface area contributed by atoms with Gasteiger partial charge < -0.3 is 14.5 Å². The van der Waals surface area contributed by atoms with Crippen molar-refractivity contribution in [3.8, 4) is 0 Å². The maximum Gasteiger partial charge on any atom is 0.230 e. The normalized spacial score (nSPS) is 22.5. The van der Waals surface area contributed by atoms with E-state index in [1.165, 1.54) is 19.0 Å². The van der Waals surface area contributed by atoms with Crippen LogP contribution in [0.15, 0.2) is 10.6 Å². The summed E-state index contributed by atoms with van der Waals surface area (Å²) < 4.78 is 29.9. The summed E-state index contributed by atoms with van der Waals surface area (Å²) in [6.07, 6.45) is -0.782. The van der Waals surface area contributed by atoms with E-state index in [0.29, 0.717) is 11.5 Å². The average molecular weight is 331 g/mol. The zero-order valence-corrected chi connectivity index (χ0v) is 13.7. The molecule has 0 aromatic carbocycles. The van der Waals surface area contributed by atoms with Crippen molar-refractivity contribution in [2.75, 3.05) is 32.9 Å². The van der Waals surface area contributed by atoms with Crippen LogP contribution < -0.4 is 0 Å². The Bertz CT molecular complexity index is 640. The Balaban J connectivity index is 1.96. The van der Waals surface area contributed by atoms with Gasteiger partial charge in [0, 0.05) is 39.2 Å². The van der Waals surface area contributed by atoms with E-state index in [9.17, 15) is 18.3 Å². The number of hydrogen-bond acceptors (Lipinski definition) is 6. The highest BCUT2D eigenvalue weighted by Crippen LogP contribution is 2.21. The second kappa shape index (κ2) is 6.35. The third kappa shape index (κ3) is 3.84. The van der Waals surface area contributed by atoms with Crippen LogP contribution >= 0.6 is 0 Å². The first-order valence-corrected chi connectivity index (χ1v) is 8.58. The number of aromatic nitrogens is 1. The average Bonchev–Trinajstić information content (AvgIpc) is 2.96. The molecule has 0 spiro atoms. The minimum absolute atomic E-state index is 0.0563. The molecule has 2 heterocycles. The number of amides is 1. The molecule has 1 fully saturated rings. The van der Waals surface area contributed by atoms with Crippen LogP contribution in [-0.4, -0.2) is 72.8 Å². The summed E-state index contributed by atoms with van der Waals surface area (Å²) in [5, 5.41) is 13.7. The van der Waals surface area contributed by atoms with E-state index in [0.717, 1.165) is 4.31 Å². The Morgan fingerprint density at radius 2 is 2.18 bits per heavy atom. The van der Waals surface area contributed by atoms with Gasteiger partial charge in [0.1, 0.15) is 5.76 Å². The van der Waals surface area contributed by atoms with Gasteiger partial charge >= 0.3 is 0 Å². The highest BCUT2D eigenvalue weighted by Gasteiger charge is 2.37. The fraction of sp³-hybridized carbons (Fsp3) is 0.692. The smallest absolute Gasteiger partial charge is 0.230 e. The van der Waals surface area contributed by atoms with Crippen molar-refractivity contribution in [3.63, 3.8) is 0 Å². The number of aliphatic hydroxyl groups is 1. The van der Waals surface area contributed by atoms with E-state index in [1.54, 1.807) is 13.0 Å². The van der Waals surface area contributed by atoms with Crippen molar-refractivity contribution in [3.05, 3.63) is 17.5 Å². The van der Waals surface area contributed by atoms with Gasteiger partial charge in [-0.05, 0) is 6.92 Å². The van der Waals surface area contributed by atoms with Crippen LogP contribution in [0.3, 0.4) is 0 Å². The number of sulfonamides is 1. The van der Waals surface area contributed by atoms with Crippen molar-refractivity contribution < 1.29 is 22.8 Å². The molecule has 0 radical (unpaired) electrons. The van der Waals surface area contributed by atoms with E-state index in [2.05, 4.69) is 5.16 Å². The van der Waals surface area contributed by atoms with Gasteiger partial charge in [-0.2, -0.15) is 0 Å². The molecular weight excluding hydrogens is 310 g/mol. The quantitative estimate of drug-likeness (QED) is 0.760. The first-order chi connectivity index (χ1) is 10.2. The maximum atomic E-state index is 12.2. The first kappa shape index (κ1) is 16.9. The molecule has 0 unspecified atom stereocenters. The SMILES string of the molecule is Cc1cc(CC(=O)N2C[C@@H](CS(=O)(=O)N(C)C)[C@@H](O)C2)on1. The molecule has 0 aliphatic carbocycles. The second-order valence-electron chi connectivity index (χ2n) is 5.80. The van der Waals surface area contributed by atoms with Crippen LogP contribution in [0.2, 0.25) is 0 Å². The van der Waals surface area contributed by atoms with Crippen LogP contribution in [0.5, 0.6) is 0 Å². The molecule has 2 atom stereocenters. The summed E-state index contributed by atoms with van der Waals surface area (Å²) in [6.45, 7) is 2.12. The molecule has 0 saturated carbocycles. The maximum absolute atomic E-state index is 12.2. The number of carbonyl (C=O) groups is 1. The number of carbonyl (C=O) groups excluding carboxylic acids is 1. The third-order valence-electron chi connectivity index (χ3n) is 3.74. The molecule has 124 valence electrons. The van der Waals surface area contributed by atoms with E-state index < -0.39 is 22.0 Å². The standard InChI is InChI=1S/C13H21N3O5S/c1-9-4-11(21-14-9)5-13(18)16-6-10(12(17)7-16)8-22(19,20)15(2)3/h4,10,12,17H,5-8H2,1-3H3/t10-,12-/m0/s1. The molecular formula is C13H21N3O5S. The molecule has 1 aliphatic heterocycles. The molecule has 2 rings (SSSR count). The lowest BCUT2D eigenvalue weighted by Crippen LogP contribution is -2.34. The number of rotatable bonds is 5. The Hall–Kier alpha value is -1.45. The topological polar surface area (TPSA) is 104 Å². The molecule has 1 aromatic heterocycles. The molecule has 1 saturated heterocycles. The lowest BCUT2D eigenvalue weighted by atomic mass is 10.1. The summed E-state index contributed by atoms with van der Waals surface area (Å²) in [6, 6.07) is 1.68. The number of aryl methyl sites for hydroxylation is 1. The van der Waals surface area contributed by atoms with Gasteiger partial charge in [-0.3, -0.25) is 4.79 Å². The van der Waals surface area contributed by atoms with Crippen molar-refractivity contribution in [2.24, 2.45) is 5.92 Å². The number of likely N-dealkylation sites (tertiary alicyclic amines) is 1. The van der Waals surface area contributed by atoms with Crippen molar-refractivity contribution in [1.82, 2.24) is 14.4 Å². The van der Waals surface area contributed by atoms with Gasteiger partial charge in [0.05, 0.1) is 24.0 Å². The Morgan fingerprint density at radius 3 is 2.73 bits per heavy atom. The zero-order chi connectivity index (χ0) is 16.5. The Morgan fingerprint density at radius 1 is 1.50 bits per heavy atom. The van der Waals surface area contributed by atoms with E-state index in [1.807, 2.05) is 0 Å². The van der Waals surface area contributed by atoms with Crippen LogP contribution in [0.4, 0.5) is 0 Å².